The van der Waals surface area contributed by atoms with Gasteiger partial charge >= 0.3 is 0 Å². The highest BCUT2D eigenvalue weighted by atomic mass is 35.5. The lowest BCUT2D eigenvalue weighted by atomic mass is 10.0. The third kappa shape index (κ3) is 8.82. The number of halogens is 4. The molecule has 2 N–H and O–H groups in total. The quantitative estimate of drug-likeness (QED) is 0.119. The van der Waals surface area contributed by atoms with E-state index in [1.54, 1.807) is 84.9 Å². The molecule has 4 aromatic rings. The van der Waals surface area contributed by atoms with Crippen LogP contribution in [0, 0.1) is 0 Å². The maximum atomic E-state index is 12.7. The molecule has 4 rings (SSSR count). The molecule has 14 heteroatoms. The molecule has 0 saturated heterocycles. The Morgan fingerprint density at radius 1 is 0.543 bits per heavy atom. The van der Waals surface area contributed by atoms with E-state index in [1.807, 2.05) is 0 Å². The SMILES string of the molecule is CC(=O)C(N=Nc1ccc(-c2ccc(N=NC(C(C)=O)C(=O)Nc3ccccc3Cl)c(Cl)c2)cc1Cl)C(=O)Nc1ccccc1Cl. The van der Waals surface area contributed by atoms with E-state index in [4.69, 9.17) is 46.4 Å². The van der Waals surface area contributed by atoms with Gasteiger partial charge in [-0.15, -0.1) is 0 Å². The molecular weight excluding hydrogens is 674 g/mol. The number of nitrogens with one attached hydrogen (secondary N) is 2. The number of Topliss-reactive ketones (excluding diaryl/α,β-unsaturated/α-hetero) is 2. The van der Waals surface area contributed by atoms with Gasteiger partial charge in [-0.3, -0.25) is 19.2 Å². The van der Waals surface area contributed by atoms with E-state index < -0.39 is 35.5 Å². The summed E-state index contributed by atoms with van der Waals surface area (Å²) in [6.07, 6.45) is 0. The van der Waals surface area contributed by atoms with Crippen molar-refractivity contribution in [2.45, 2.75) is 25.9 Å². The number of benzene rings is 4. The molecule has 0 heterocycles. The first kappa shape index (κ1) is 34.4. The van der Waals surface area contributed by atoms with Crippen LogP contribution < -0.4 is 10.6 Å². The molecule has 0 aliphatic carbocycles. The molecule has 4 aromatic carbocycles. The number of carbonyl (C=O) groups excluding carboxylic acids is 4. The lowest BCUT2D eigenvalue weighted by molar-refractivity contribution is -0.127. The number of anilines is 2. The molecule has 0 aromatic heterocycles. The van der Waals surface area contributed by atoms with E-state index >= 15 is 0 Å². The summed E-state index contributed by atoms with van der Waals surface area (Å²) in [4.78, 5) is 49.7. The van der Waals surface area contributed by atoms with Gasteiger partial charge in [0.25, 0.3) is 11.8 Å². The number of amides is 2. The fraction of sp³-hybridized carbons (Fsp3) is 0.125. The molecule has 0 bridgehead atoms. The van der Waals surface area contributed by atoms with Crippen LogP contribution in [0.25, 0.3) is 11.1 Å². The molecule has 0 aliphatic rings. The third-order valence-electron chi connectivity index (χ3n) is 6.32. The second-order valence-corrected chi connectivity index (χ2v) is 11.4. The Kier molecular flexibility index (Phi) is 11.7. The summed E-state index contributed by atoms with van der Waals surface area (Å²) in [7, 11) is 0. The molecular formula is C32H24Cl4N6O4. The Morgan fingerprint density at radius 2 is 0.913 bits per heavy atom. The zero-order valence-corrected chi connectivity index (χ0v) is 27.2. The predicted octanol–water partition coefficient (Wildman–Crippen LogP) is 9.33. The van der Waals surface area contributed by atoms with E-state index in [2.05, 4.69) is 31.1 Å². The maximum absolute atomic E-state index is 12.7. The van der Waals surface area contributed by atoms with E-state index in [1.165, 1.54) is 13.8 Å². The number of azo groups is 2. The second kappa shape index (κ2) is 15.7. The van der Waals surface area contributed by atoms with Crippen LogP contribution in [-0.2, 0) is 19.2 Å². The van der Waals surface area contributed by atoms with Crippen molar-refractivity contribution in [3.8, 4) is 11.1 Å². The minimum atomic E-state index is -1.42. The van der Waals surface area contributed by atoms with Gasteiger partial charge in [0.2, 0.25) is 12.1 Å². The molecule has 2 unspecified atom stereocenters. The first-order chi connectivity index (χ1) is 21.9. The summed E-state index contributed by atoms with van der Waals surface area (Å²) in [6.45, 7) is 2.45. The van der Waals surface area contributed by atoms with Gasteiger partial charge < -0.3 is 10.6 Å². The minimum absolute atomic E-state index is 0.198. The van der Waals surface area contributed by atoms with Crippen LogP contribution in [0.1, 0.15) is 13.8 Å². The van der Waals surface area contributed by atoms with Crippen LogP contribution in [0.3, 0.4) is 0 Å². The minimum Gasteiger partial charge on any atom is -0.322 e. The molecule has 2 amide bonds. The van der Waals surface area contributed by atoms with E-state index in [0.29, 0.717) is 32.5 Å². The monoisotopic (exact) mass is 696 g/mol. The molecule has 0 fully saturated rings. The first-order valence-corrected chi connectivity index (χ1v) is 15.0. The molecule has 10 nitrogen and oxygen atoms in total. The number of hydrogen-bond donors (Lipinski definition) is 2. The van der Waals surface area contributed by atoms with Gasteiger partial charge in [-0.2, -0.15) is 20.5 Å². The van der Waals surface area contributed by atoms with Crippen molar-refractivity contribution >= 4 is 92.5 Å². The Balaban J connectivity index is 1.47. The molecule has 46 heavy (non-hydrogen) atoms. The fourth-order valence-electron chi connectivity index (χ4n) is 3.94. The largest absolute Gasteiger partial charge is 0.322 e. The molecule has 0 radical (unpaired) electrons. The number of hydrogen-bond acceptors (Lipinski definition) is 8. The van der Waals surface area contributed by atoms with E-state index in [0.717, 1.165) is 0 Å². The van der Waals surface area contributed by atoms with Crippen LogP contribution in [0.2, 0.25) is 20.1 Å². The van der Waals surface area contributed by atoms with Gasteiger partial charge in [-0.25, -0.2) is 0 Å². The lowest BCUT2D eigenvalue weighted by Crippen LogP contribution is -2.31. The highest BCUT2D eigenvalue weighted by Crippen LogP contribution is 2.35. The van der Waals surface area contributed by atoms with Crippen LogP contribution in [-0.4, -0.2) is 35.5 Å². The van der Waals surface area contributed by atoms with Crippen molar-refractivity contribution in [2.24, 2.45) is 20.5 Å². The molecule has 2 atom stereocenters. The van der Waals surface area contributed by atoms with Gasteiger partial charge in [-0.05, 0) is 73.5 Å². The van der Waals surface area contributed by atoms with Crippen molar-refractivity contribution in [2.75, 3.05) is 10.6 Å². The Morgan fingerprint density at radius 3 is 1.24 bits per heavy atom. The first-order valence-electron chi connectivity index (χ1n) is 13.5. The molecule has 234 valence electrons. The topological polar surface area (TPSA) is 142 Å². The predicted molar refractivity (Wildman–Crippen MR) is 180 cm³/mol. The number of nitrogens with zero attached hydrogens (tertiary/aromatic N) is 4. The maximum Gasteiger partial charge on any atom is 0.258 e. The molecule has 0 aliphatic heterocycles. The fourth-order valence-corrected chi connectivity index (χ4v) is 4.74. The normalized spacial score (nSPS) is 12.6. The molecule has 0 spiro atoms. The Hall–Kier alpha value is -4.48. The Labute approximate surface area is 283 Å². The van der Waals surface area contributed by atoms with Crippen LogP contribution in [0.4, 0.5) is 22.7 Å². The van der Waals surface area contributed by atoms with Crippen molar-refractivity contribution in [1.29, 1.82) is 0 Å². The van der Waals surface area contributed by atoms with Crippen molar-refractivity contribution in [3.05, 3.63) is 105 Å². The number of para-hydroxylation sites is 2. The highest BCUT2D eigenvalue weighted by molar-refractivity contribution is 6.35. The van der Waals surface area contributed by atoms with Gasteiger partial charge in [0, 0.05) is 0 Å². The van der Waals surface area contributed by atoms with Crippen LogP contribution in [0.15, 0.2) is 105 Å². The van der Waals surface area contributed by atoms with Crippen molar-refractivity contribution < 1.29 is 19.2 Å². The average molecular weight is 698 g/mol. The second-order valence-electron chi connectivity index (χ2n) is 9.73. The van der Waals surface area contributed by atoms with Crippen molar-refractivity contribution in [1.82, 2.24) is 0 Å². The average Bonchev–Trinajstić information content (AvgIpc) is 3.00. The summed E-state index contributed by atoms with van der Waals surface area (Å²) in [6, 6.07) is 20.1. The van der Waals surface area contributed by atoms with Gasteiger partial charge in [0.05, 0.1) is 31.5 Å². The third-order valence-corrected chi connectivity index (χ3v) is 7.59. The lowest BCUT2D eigenvalue weighted by Gasteiger charge is -2.11. The van der Waals surface area contributed by atoms with Gasteiger partial charge in [-0.1, -0.05) is 82.8 Å². The number of ketones is 2. The zero-order chi connectivity index (χ0) is 33.4. The summed E-state index contributed by atoms with van der Waals surface area (Å²) in [5.74, 6) is -2.44. The van der Waals surface area contributed by atoms with E-state index in [-0.39, 0.29) is 21.4 Å². The zero-order valence-electron chi connectivity index (χ0n) is 24.2. The van der Waals surface area contributed by atoms with E-state index in [9.17, 15) is 19.2 Å². The molecule has 0 saturated carbocycles. The van der Waals surface area contributed by atoms with Crippen LogP contribution >= 0.6 is 46.4 Å². The smallest absolute Gasteiger partial charge is 0.258 e. The standard InChI is InChI=1S/C32H24Cl4N6O4/c1-17(43)29(31(45)37-25-9-5-3-7-21(25)33)41-39-27-13-11-19(15-23(27)35)20-12-14-28(24(36)16-20)40-42-30(18(2)44)32(46)38-26-10-6-4-8-22(26)34/h3-16,29-30H,1-2H3,(H,37,45)(H,38,46). The highest BCUT2D eigenvalue weighted by Gasteiger charge is 2.25. The van der Waals surface area contributed by atoms with Crippen molar-refractivity contribution in [3.63, 3.8) is 0 Å². The van der Waals surface area contributed by atoms with Gasteiger partial charge in [0.1, 0.15) is 11.4 Å². The summed E-state index contributed by atoms with van der Waals surface area (Å²) in [5, 5.41) is 22.1. The summed E-state index contributed by atoms with van der Waals surface area (Å²) in [5.41, 5.74) is 2.45. The number of carbonyl (C=O) groups is 4. The summed E-state index contributed by atoms with van der Waals surface area (Å²) >= 11 is 25.1. The Bertz CT molecular complexity index is 1750. The van der Waals surface area contributed by atoms with Crippen LogP contribution in [0.5, 0.6) is 0 Å². The summed E-state index contributed by atoms with van der Waals surface area (Å²) < 4.78 is 0. The van der Waals surface area contributed by atoms with Gasteiger partial charge in [0.15, 0.2) is 11.6 Å². The number of rotatable bonds is 11.